The highest BCUT2D eigenvalue weighted by Gasteiger charge is 2.27. The lowest BCUT2D eigenvalue weighted by atomic mass is 10.2. The Balaban J connectivity index is 1.92. The molecule has 0 spiro atoms. The van der Waals surface area contributed by atoms with Gasteiger partial charge in [0.25, 0.3) is 5.91 Å². The lowest BCUT2D eigenvalue weighted by Gasteiger charge is -2.30. The highest BCUT2D eigenvalue weighted by molar-refractivity contribution is 6.33. The molecule has 1 aliphatic rings. The number of hydrogen-bond donors (Lipinski definition) is 1. The van der Waals surface area contributed by atoms with Crippen molar-refractivity contribution in [2.75, 3.05) is 39.3 Å². The number of nitrogens with one attached hydrogen (secondary N) is 1. The molecule has 1 saturated heterocycles. The minimum atomic E-state index is -0.526. The predicted octanol–water partition coefficient (Wildman–Crippen LogP) is 2.87. The number of esters is 1. The van der Waals surface area contributed by atoms with Gasteiger partial charge in [-0.15, -0.1) is 0 Å². The summed E-state index contributed by atoms with van der Waals surface area (Å²) in [5.41, 5.74) is 0.152. The molecule has 0 radical (unpaired) electrons. The molecule has 1 fully saturated rings. The standard InChI is InChI=1S/C22H31ClFN3O4/c1-3-26-12-5-6-17(26)15-27(13-10-21(29)31-4-2)20(28)9-11-25-22(30)18-8-7-16(24)14-19(18)23/h7-8,14,17H,3-6,9-13,15H2,1-2H3,(H,25,30). The zero-order valence-corrected chi connectivity index (χ0v) is 18.9. The average molecular weight is 456 g/mol. The highest BCUT2D eigenvalue weighted by Crippen LogP contribution is 2.19. The van der Waals surface area contributed by atoms with Crippen molar-refractivity contribution in [2.24, 2.45) is 0 Å². The predicted molar refractivity (Wildman–Crippen MR) is 116 cm³/mol. The molecule has 2 amide bonds. The van der Waals surface area contributed by atoms with Gasteiger partial charge < -0.3 is 15.0 Å². The topological polar surface area (TPSA) is 79.0 Å². The molecule has 1 aromatic carbocycles. The van der Waals surface area contributed by atoms with Gasteiger partial charge in [0.2, 0.25) is 5.91 Å². The molecule has 0 aromatic heterocycles. The second-order valence-corrected chi connectivity index (χ2v) is 7.86. The number of likely N-dealkylation sites (tertiary alicyclic amines) is 1. The highest BCUT2D eigenvalue weighted by atomic mass is 35.5. The summed E-state index contributed by atoms with van der Waals surface area (Å²) < 4.78 is 18.1. The maximum atomic E-state index is 13.2. The molecule has 31 heavy (non-hydrogen) atoms. The molecule has 0 bridgehead atoms. The monoisotopic (exact) mass is 455 g/mol. The third kappa shape index (κ3) is 7.78. The molecule has 1 aromatic rings. The van der Waals surface area contributed by atoms with Gasteiger partial charge in [0, 0.05) is 32.1 Å². The summed E-state index contributed by atoms with van der Waals surface area (Å²) >= 11 is 5.91. The molecule has 1 atom stereocenters. The lowest BCUT2D eigenvalue weighted by molar-refractivity contribution is -0.144. The fourth-order valence-corrected chi connectivity index (χ4v) is 4.01. The van der Waals surface area contributed by atoms with Crippen molar-refractivity contribution in [3.05, 3.63) is 34.6 Å². The van der Waals surface area contributed by atoms with Gasteiger partial charge in [0.15, 0.2) is 0 Å². The van der Waals surface area contributed by atoms with Crippen molar-refractivity contribution < 1.29 is 23.5 Å². The number of halogens is 2. The fraction of sp³-hybridized carbons (Fsp3) is 0.591. The van der Waals surface area contributed by atoms with E-state index in [9.17, 15) is 18.8 Å². The van der Waals surface area contributed by atoms with Gasteiger partial charge >= 0.3 is 5.97 Å². The van der Waals surface area contributed by atoms with Crippen LogP contribution < -0.4 is 5.32 Å². The first-order valence-corrected chi connectivity index (χ1v) is 11.1. The molecule has 1 unspecified atom stereocenters. The third-order valence-electron chi connectivity index (χ3n) is 5.38. The van der Waals surface area contributed by atoms with Crippen LogP contribution in [-0.2, 0) is 14.3 Å². The summed E-state index contributed by atoms with van der Waals surface area (Å²) in [5.74, 6) is -1.47. The molecule has 1 N–H and O–H groups in total. The molecule has 1 aliphatic heterocycles. The Morgan fingerprint density at radius 2 is 2.06 bits per heavy atom. The van der Waals surface area contributed by atoms with Crippen LogP contribution in [0.4, 0.5) is 4.39 Å². The van der Waals surface area contributed by atoms with Crippen LogP contribution >= 0.6 is 11.6 Å². The van der Waals surface area contributed by atoms with Crippen molar-refractivity contribution in [2.45, 2.75) is 45.6 Å². The lowest BCUT2D eigenvalue weighted by Crippen LogP contribution is -2.44. The van der Waals surface area contributed by atoms with E-state index in [-0.39, 0.29) is 54.4 Å². The summed E-state index contributed by atoms with van der Waals surface area (Å²) in [6, 6.07) is 3.80. The number of carbonyl (C=O) groups is 3. The Hall–Kier alpha value is -2.19. The first-order chi connectivity index (χ1) is 14.8. The van der Waals surface area contributed by atoms with Gasteiger partial charge in [-0.3, -0.25) is 19.3 Å². The van der Waals surface area contributed by atoms with Crippen LogP contribution in [0.2, 0.25) is 5.02 Å². The van der Waals surface area contributed by atoms with E-state index >= 15 is 0 Å². The third-order valence-corrected chi connectivity index (χ3v) is 5.69. The quantitative estimate of drug-likeness (QED) is 0.519. The largest absolute Gasteiger partial charge is 0.466 e. The smallest absolute Gasteiger partial charge is 0.307 e. The summed E-state index contributed by atoms with van der Waals surface area (Å²) in [5, 5.41) is 2.66. The first kappa shape index (κ1) is 25.1. The Labute approximate surface area is 187 Å². The summed E-state index contributed by atoms with van der Waals surface area (Å²) in [6.45, 7) is 7.01. The van der Waals surface area contributed by atoms with Crippen LogP contribution in [0, 0.1) is 5.82 Å². The fourth-order valence-electron chi connectivity index (χ4n) is 3.76. The van der Waals surface area contributed by atoms with Gasteiger partial charge in [-0.25, -0.2) is 4.39 Å². The normalized spacial score (nSPS) is 16.2. The molecule has 0 aliphatic carbocycles. The number of nitrogens with zero attached hydrogens (tertiary/aromatic N) is 2. The van der Waals surface area contributed by atoms with E-state index in [1.807, 2.05) is 0 Å². The number of benzene rings is 1. The van der Waals surface area contributed by atoms with Crippen LogP contribution in [0.5, 0.6) is 0 Å². The van der Waals surface area contributed by atoms with Gasteiger partial charge in [-0.1, -0.05) is 18.5 Å². The molecule has 2 rings (SSSR count). The van der Waals surface area contributed by atoms with E-state index in [4.69, 9.17) is 16.3 Å². The molecule has 9 heteroatoms. The summed E-state index contributed by atoms with van der Waals surface area (Å²) in [4.78, 5) is 40.9. The number of rotatable bonds is 11. The Morgan fingerprint density at radius 3 is 2.74 bits per heavy atom. The van der Waals surface area contributed by atoms with Crippen molar-refractivity contribution >= 4 is 29.4 Å². The minimum absolute atomic E-state index is 0.0146. The number of hydrogen-bond acceptors (Lipinski definition) is 5. The molecule has 1 heterocycles. The van der Waals surface area contributed by atoms with Crippen molar-refractivity contribution in [1.29, 1.82) is 0 Å². The first-order valence-electron chi connectivity index (χ1n) is 10.8. The van der Waals surface area contributed by atoms with E-state index in [1.165, 1.54) is 6.07 Å². The molecular weight excluding hydrogens is 425 g/mol. The molecular formula is C22H31ClFN3O4. The Kier molecular flexibility index (Phi) is 10.2. The number of likely N-dealkylation sites (N-methyl/N-ethyl adjacent to an activating group) is 1. The summed E-state index contributed by atoms with van der Waals surface area (Å²) in [6.07, 6.45) is 2.33. The van der Waals surface area contributed by atoms with E-state index < -0.39 is 11.7 Å². The zero-order chi connectivity index (χ0) is 22.8. The van der Waals surface area contributed by atoms with Gasteiger partial charge in [0.05, 0.1) is 23.6 Å². The zero-order valence-electron chi connectivity index (χ0n) is 18.2. The number of ether oxygens (including phenoxy) is 1. The van der Waals surface area contributed by atoms with Gasteiger partial charge in [0.1, 0.15) is 5.82 Å². The second-order valence-electron chi connectivity index (χ2n) is 7.45. The SMILES string of the molecule is CCOC(=O)CCN(CC1CCCN1CC)C(=O)CCNC(=O)c1ccc(F)cc1Cl. The average Bonchev–Trinajstić information content (AvgIpc) is 3.18. The Morgan fingerprint density at radius 1 is 1.29 bits per heavy atom. The van der Waals surface area contributed by atoms with E-state index in [1.54, 1.807) is 11.8 Å². The second kappa shape index (κ2) is 12.6. The summed E-state index contributed by atoms with van der Waals surface area (Å²) in [7, 11) is 0. The number of carbonyl (C=O) groups excluding carboxylic acids is 3. The molecule has 0 saturated carbocycles. The molecule has 7 nitrogen and oxygen atoms in total. The number of amides is 2. The Bertz CT molecular complexity index is 777. The van der Waals surface area contributed by atoms with E-state index in [0.717, 1.165) is 38.1 Å². The van der Waals surface area contributed by atoms with E-state index in [0.29, 0.717) is 13.2 Å². The maximum Gasteiger partial charge on any atom is 0.307 e. The minimum Gasteiger partial charge on any atom is -0.466 e. The van der Waals surface area contributed by atoms with Crippen molar-refractivity contribution in [1.82, 2.24) is 15.1 Å². The van der Waals surface area contributed by atoms with Crippen molar-refractivity contribution in [3.8, 4) is 0 Å². The van der Waals surface area contributed by atoms with Crippen LogP contribution in [0.25, 0.3) is 0 Å². The van der Waals surface area contributed by atoms with Gasteiger partial charge in [-0.2, -0.15) is 0 Å². The van der Waals surface area contributed by atoms with Crippen LogP contribution in [0.1, 0.15) is 49.9 Å². The van der Waals surface area contributed by atoms with Crippen LogP contribution in [0.15, 0.2) is 18.2 Å². The van der Waals surface area contributed by atoms with Crippen molar-refractivity contribution in [3.63, 3.8) is 0 Å². The van der Waals surface area contributed by atoms with E-state index in [2.05, 4.69) is 17.1 Å². The van der Waals surface area contributed by atoms with Crippen LogP contribution in [0.3, 0.4) is 0 Å². The van der Waals surface area contributed by atoms with Gasteiger partial charge in [-0.05, 0) is 51.1 Å². The van der Waals surface area contributed by atoms with Crippen LogP contribution in [-0.4, -0.2) is 73.0 Å². The molecule has 172 valence electrons. The maximum absolute atomic E-state index is 13.2.